The van der Waals surface area contributed by atoms with Crippen LogP contribution < -0.4 is 0 Å². The molecule has 0 aliphatic rings. The highest BCUT2D eigenvalue weighted by molar-refractivity contribution is 9.24. The van der Waals surface area contributed by atoms with Crippen LogP contribution in [0.15, 0.2) is 18.2 Å². The Morgan fingerprint density at radius 2 is 1.62 bits per heavy atom. The van der Waals surface area contributed by atoms with E-state index in [2.05, 4.69) is 63.7 Å². The van der Waals surface area contributed by atoms with E-state index in [-0.39, 0.29) is 7.47 Å². The van der Waals surface area contributed by atoms with E-state index in [1.807, 2.05) is 18.2 Å². The molecule has 0 nitrogen and oxygen atoms in total. The average molecular weight is 434 g/mol. The summed E-state index contributed by atoms with van der Waals surface area (Å²) in [5.74, 6) is 0. The van der Waals surface area contributed by atoms with Gasteiger partial charge in [0.15, 0.2) is 0 Å². The fourth-order valence-electron chi connectivity index (χ4n) is 0.928. The van der Waals surface area contributed by atoms with Gasteiger partial charge in [-0.3, -0.25) is 0 Å². The summed E-state index contributed by atoms with van der Waals surface area (Å²) in [6.07, 6.45) is 0. The largest absolute Gasteiger partial charge is 0.0949 e. The lowest BCUT2D eigenvalue weighted by molar-refractivity contribution is 1.32. The third kappa shape index (κ3) is 3.33. The van der Waals surface area contributed by atoms with Crippen molar-refractivity contribution in [3.63, 3.8) is 0 Å². The molecule has 13 heavy (non-hydrogen) atoms. The van der Waals surface area contributed by atoms with Crippen molar-refractivity contribution in [3.05, 3.63) is 41.8 Å². The summed E-state index contributed by atoms with van der Waals surface area (Å²) in [5, 5.41) is 0. The standard InChI is InChI=1S/C9H6Br4/c1-5-4-6(8(10)11)2-3-7(5)9(12)13/h1-4,8-9H. The van der Waals surface area contributed by atoms with Crippen LogP contribution in [0, 0.1) is 6.92 Å². The molecule has 70 valence electrons. The van der Waals surface area contributed by atoms with Crippen LogP contribution >= 0.6 is 63.7 Å². The van der Waals surface area contributed by atoms with Gasteiger partial charge in [-0.1, -0.05) is 81.9 Å². The topological polar surface area (TPSA) is 0 Å². The van der Waals surface area contributed by atoms with Crippen molar-refractivity contribution in [1.29, 1.82) is 0 Å². The molecule has 0 atom stereocenters. The summed E-state index contributed by atoms with van der Waals surface area (Å²) < 4.78 is 0.263. The van der Waals surface area contributed by atoms with Crippen molar-refractivity contribution < 1.29 is 0 Å². The molecule has 0 aliphatic carbocycles. The summed E-state index contributed by atoms with van der Waals surface area (Å²) in [5.41, 5.74) is 2.94. The lowest BCUT2D eigenvalue weighted by Crippen LogP contribution is -1.89. The van der Waals surface area contributed by atoms with Gasteiger partial charge in [-0.25, -0.2) is 0 Å². The number of hydrogen-bond donors (Lipinski definition) is 0. The fourth-order valence-corrected chi connectivity index (χ4v) is 2.33. The van der Waals surface area contributed by atoms with Crippen molar-refractivity contribution in [2.24, 2.45) is 0 Å². The van der Waals surface area contributed by atoms with Crippen molar-refractivity contribution in [3.8, 4) is 0 Å². The molecule has 0 N–H and O–H groups in total. The second-order valence-electron chi connectivity index (χ2n) is 2.49. The summed E-state index contributed by atoms with van der Waals surface area (Å²) in [4.78, 5) is 0. The van der Waals surface area contributed by atoms with Crippen molar-refractivity contribution in [1.82, 2.24) is 0 Å². The Labute approximate surface area is 112 Å². The molecule has 0 spiro atoms. The van der Waals surface area contributed by atoms with Crippen molar-refractivity contribution >= 4 is 63.7 Å². The van der Waals surface area contributed by atoms with Gasteiger partial charge in [0.1, 0.15) is 0 Å². The number of rotatable bonds is 2. The van der Waals surface area contributed by atoms with E-state index in [1.165, 1.54) is 0 Å². The van der Waals surface area contributed by atoms with Crippen LogP contribution in [-0.2, 0) is 0 Å². The van der Waals surface area contributed by atoms with Crippen LogP contribution in [0.4, 0.5) is 0 Å². The number of hydrogen-bond acceptors (Lipinski definition) is 0. The van der Waals surface area contributed by atoms with Crippen LogP contribution in [0.3, 0.4) is 0 Å². The SMILES string of the molecule is [CH]c1cc(C(Br)Br)ccc1C(Br)Br. The first-order valence-electron chi connectivity index (χ1n) is 3.48. The zero-order valence-corrected chi connectivity index (χ0v) is 12.8. The van der Waals surface area contributed by atoms with Gasteiger partial charge in [-0.2, -0.15) is 0 Å². The maximum Gasteiger partial charge on any atom is 0.0949 e. The van der Waals surface area contributed by atoms with E-state index in [0.717, 1.165) is 16.7 Å². The van der Waals surface area contributed by atoms with Crippen LogP contribution in [0.2, 0.25) is 0 Å². The minimum Gasteiger partial charge on any atom is -0.0712 e. The Balaban J connectivity index is 3.06. The molecule has 1 rings (SSSR count). The molecular weight excluding hydrogens is 428 g/mol. The van der Waals surface area contributed by atoms with Crippen LogP contribution in [0.1, 0.15) is 24.2 Å². The molecule has 2 radical (unpaired) electrons. The first kappa shape index (κ1) is 12.2. The summed E-state index contributed by atoms with van der Waals surface area (Å²) in [6.45, 7) is 5.86. The zero-order chi connectivity index (χ0) is 10.0. The van der Waals surface area contributed by atoms with Gasteiger partial charge in [-0.05, 0) is 23.6 Å². The maximum absolute atomic E-state index is 5.86. The molecule has 0 saturated carbocycles. The van der Waals surface area contributed by atoms with Gasteiger partial charge in [0.25, 0.3) is 0 Å². The lowest BCUT2D eigenvalue weighted by Gasteiger charge is -2.09. The highest BCUT2D eigenvalue weighted by Crippen LogP contribution is 2.35. The van der Waals surface area contributed by atoms with Gasteiger partial charge in [0.05, 0.1) is 7.47 Å². The van der Waals surface area contributed by atoms with Crippen LogP contribution in [-0.4, -0.2) is 0 Å². The summed E-state index contributed by atoms with van der Waals surface area (Å²) >= 11 is 13.6. The Morgan fingerprint density at radius 1 is 1.00 bits per heavy atom. The first-order chi connectivity index (χ1) is 6.02. The van der Waals surface area contributed by atoms with Gasteiger partial charge in [-0.15, -0.1) is 0 Å². The van der Waals surface area contributed by atoms with Crippen molar-refractivity contribution in [2.75, 3.05) is 0 Å². The predicted octanol–water partition coefficient (Wildman–Crippen LogP) is 5.32. The predicted molar refractivity (Wildman–Crippen MR) is 71.0 cm³/mol. The van der Waals surface area contributed by atoms with Crippen molar-refractivity contribution in [2.45, 2.75) is 7.47 Å². The van der Waals surface area contributed by atoms with E-state index in [9.17, 15) is 0 Å². The third-order valence-electron chi connectivity index (χ3n) is 1.60. The lowest BCUT2D eigenvalue weighted by atomic mass is 10.1. The van der Waals surface area contributed by atoms with E-state index in [4.69, 9.17) is 6.92 Å². The molecule has 0 bridgehead atoms. The fraction of sp³-hybridized carbons (Fsp3) is 0.222. The van der Waals surface area contributed by atoms with E-state index >= 15 is 0 Å². The van der Waals surface area contributed by atoms with Crippen LogP contribution in [0.25, 0.3) is 0 Å². The summed E-state index contributed by atoms with van der Waals surface area (Å²) in [6, 6.07) is 5.96. The molecule has 0 unspecified atom stereocenters. The minimum atomic E-state index is 0.109. The molecule has 0 amide bonds. The molecule has 0 aliphatic heterocycles. The Kier molecular flexibility index (Phi) is 4.97. The van der Waals surface area contributed by atoms with Gasteiger partial charge < -0.3 is 0 Å². The Morgan fingerprint density at radius 3 is 2.00 bits per heavy atom. The third-order valence-corrected chi connectivity index (χ3v) is 3.64. The second-order valence-corrected chi connectivity index (χ2v) is 8.61. The Hall–Kier alpha value is 1.14. The molecule has 0 heterocycles. The highest BCUT2D eigenvalue weighted by Gasteiger charge is 2.09. The van der Waals surface area contributed by atoms with E-state index in [0.29, 0.717) is 0 Å². The second kappa shape index (κ2) is 5.29. The minimum absolute atomic E-state index is 0.109. The monoisotopic (exact) mass is 430 g/mol. The highest BCUT2D eigenvalue weighted by atomic mass is 79.9. The number of alkyl halides is 4. The zero-order valence-electron chi connectivity index (χ0n) is 6.48. The normalized spacial score (nSPS) is 11.3. The molecule has 1 aromatic carbocycles. The quantitative estimate of drug-likeness (QED) is 0.554. The molecule has 0 fully saturated rings. The van der Waals surface area contributed by atoms with Gasteiger partial charge in [0.2, 0.25) is 0 Å². The van der Waals surface area contributed by atoms with Gasteiger partial charge in [0, 0.05) is 0 Å². The van der Waals surface area contributed by atoms with Crippen LogP contribution in [0.5, 0.6) is 0 Å². The van der Waals surface area contributed by atoms with Gasteiger partial charge >= 0.3 is 0 Å². The first-order valence-corrected chi connectivity index (χ1v) is 7.14. The molecule has 0 aromatic heterocycles. The molecule has 0 saturated heterocycles. The smallest absolute Gasteiger partial charge is 0.0712 e. The average Bonchev–Trinajstić information content (AvgIpc) is 2.03. The molecule has 4 heteroatoms. The maximum atomic E-state index is 5.86. The van der Waals surface area contributed by atoms with E-state index in [1.54, 1.807) is 0 Å². The van der Waals surface area contributed by atoms with E-state index < -0.39 is 0 Å². The molecular formula is C9H6Br4. The summed E-state index contributed by atoms with van der Waals surface area (Å²) in [7, 11) is 0. The number of halogens is 4. The number of benzene rings is 1. The molecule has 1 aromatic rings. The Bertz CT molecular complexity index is 294.